The third-order valence-corrected chi connectivity index (χ3v) is 7.45. The number of carbonyl (C=O) groups is 2. The van der Waals surface area contributed by atoms with Gasteiger partial charge < -0.3 is 19.7 Å². The van der Waals surface area contributed by atoms with Crippen molar-refractivity contribution in [3.8, 4) is 17.2 Å². The Hall–Kier alpha value is -3.02. The molecule has 2 N–H and O–H groups in total. The largest absolute Gasteiger partial charge is 0.507 e. The molecule has 0 amide bonds. The summed E-state index contributed by atoms with van der Waals surface area (Å²) in [6.45, 7) is 0. The Bertz CT molecular complexity index is 1020. The van der Waals surface area contributed by atoms with E-state index in [9.17, 15) is 14.7 Å². The molecule has 6 rings (SSSR count). The SMILES string of the molecule is COc1ccc(C(=O)Oc2ccc(C(=O)O)c(O)c2)cc1C12CC3CC(CC(C3)C1)C2. The Labute approximate surface area is 180 Å². The first-order valence-corrected chi connectivity index (χ1v) is 10.8. The first kappa shape index (κ1) is 19.9. The van der Waals surface area contributed by atoms with Crippen LogP contribution in [0.2, 0.25) is 0 Å². The van der Waals surface area contributed by atoms with Crippen molar-refractivity contribution < 1.29 is 29.3 Å². The van der Waals surface area contributed by atoms with Crippen molar-refractivity contribution in [2.45, 2.75) is 43.9 Å². The maximum absolute atomic E-state index is 12.9. The molecule has 0 spiro atoms. The second-order valence-corrected chi connectivity index (χ2v) is 9.49. The summed E-state index contributed by atoms with van der Waals surface area (Å²) in [5.41, 5.74) is 1.35. The van der Waals surface area contributed by atoms with Gasteiger partial charge in [0.1, 0.15) is 22.8 Å². The Morgan fingerprint density at radius 2 is 1.61 bits per heavy atom. The lowest BCUT2D eigenvalue weighted by Gasteiger charge is -2.57. The van der Waals surface area contributed by atoms with Crippen LogP contribution < -0.4 is 9.47 Å². The van der Waals surface area contributed by atoms with Crippen molar-refractivity contribution in [1.82, 2.24) is 0 Å². The van der Waals surface area contributed by atoms with E-state index in [-0.39, 0.29) is 16.7 Å². The van der Waals surface area contributed by atoms with Gasteiger partial charge in [-0.1, -0.05) is 0 Å². The summed E-state index contributed by atoms with van der Waals surface area (Å²) >= 11 is 0. The minimum absolute atomic E-state index is 0.0672. The third-order valence-electron chi connectivity index (χ3n) is 7.45. The molecule has 162 valence electrons. The summed E-state index contributed by atoms with van der Waals surface area (Å²) in [5, 5.41) is 18.9. The van der Waals surface area contributed by atoms with Gasteiger partial charge in [0.25, 0.3) is 0 Å². The van der Waals surface area contributed by atoms with E-state index >= 15 is 0 Å². The van der Waals surface area contributed by atoms with Crippen molar-refractivity contribution in [1.29, 1.82) is 0 Å². The lowest BCUT2D eigenvalue weighted by Crippen LogP contribution is -2.48. The molecule has 0 radical (unpaired) electrons. The topological polar surface area (TPSA) is 93.1 Å². The zero-order chi connectivity index (χ0) is 21.8. The summed E-state index contributed by atoms with van der Waals surface area (Å²) in [6, 6.07) is 9.18. The Kier molecular flexibility index (Phi) is 4.68. The van der Waals surface area contributed by atoms with Gasteiger partial charge in [-0.2, -0.15) is 0 Å². The number of aromatic hydroxyl groups is 1. The van der Waals surface area contributed by atoms with Gasteiger partial charge in [-0.05, 0) is 92.0 Å². The van der Waals surface area contributed by atoms with Gasteiger partial charge in [0.15, 0.2) is 0 Å². The number of carbonyl (C=O) groups excluding carboxylic acids is 1. The number of esters is 1. The normalized spacial score (nSPS) is 28.4. The lowest BCUT2D eigenvalue weighted by molar-refractivity contribution is -0.00618. The molecule has 2 aromatic rings. The van der Waals surface area contributed by atoms with Crippen LogP contribution >= 0.6 is 0 Å². The zero-order valence-electron chi connectivity index (χ0n) is 17.5. The van der Waals surface area contributed by atoms with E-state index in [1.54, 1.807) is 13.2 Å². The summed E-state index contributed by atoms with van der Waals surface area (Å²) < 4.78 is 11.1. The molecule has 0 saturated heterocycles. The van der Waals surface area contributed by atoms with Crippen LogP contribution in [0.1, 0.15) is 64.8 Å². The van der Waals surface area contributed by atoms with E-state index in [1.807, 2.05) is 12.1 Å². The molecule has 0 unspecified atom stereocenters. The van der Waals surface area contributed by atoms with Gasteiger partial charge in [0.2, 0.25) is 0 Å². The molecule has 0 aliphatic heterocycles. The number of hydrogen-bond acceptors (Lipinski definition) is 5. The highest BCUT2D eigenvalue weighted by Gasteiger charge is 2.52. The minimum atomic E-state index is -1.24. The quantitative estimate of drug-likeness (QED) is 0.532. The summed E-state index contributed by atoms with van der Waals surface area (Å²) in [4.78, 5) is 23.9. The smallest absolute Gasteiger partial charge is 0.343 e. The predicted molar refractivity (Wildman–Crippen MR) is 113 cm³/mol. The predicted octanol–water partition coefficient (Wildman–Crippen LogP) is 4.79. The molecule has 0 heterocycles. The van der Waals surface area contributed by atoms with Crippen LogP contribution in [0.4, 0.5) is 0 Å². The van der Waals surface area contributed by atoms with Crippen LogP contribution in [0.3, 0.4) is 0 Å². The summed E-state index contributed by atoms with van der Waals surface area (Å²) in [6.07, 6.45) is 7.45. The second kappa shape index (κ2) is 7.29. The fourth-order valence-electron chi connectivity index (χ4n) is 6.61. The summed E-state index contributed by atoms with van der Waals surface area (Å²) in [5.74, 6) is 0.983. The zero-order valence-corrected chi connectivity index (χ0v) is 17.5. The highest BCUT2D eigenvalue weighted by molar-refractivity contribution is 5.93. The molecular formula is C25H26O6. The molecule has 4 fully saturated rings. The monoisotopic (exact) mass is 422 g/mol. The lowest BCUT2D eigenvalue weighted by atomic mass is 9.48. The number of hydrogen-bond donors (Lipinski definition) is 2. The van der Waals surface area contributed by atoms with E-state index in [0.717, 1.165) is 54.4 Å². The molecule has 4 saturated carbocycles. The van der Waals surface area contributed by atoms with Crippen LogP contribution in [-0.4, -0.2) is 29.3 Å². The summed E-state index contributed by atoms with van der Waals surface area (Å²) in [7, 11) is 1.67. The number of carboxylic acids is 1. The first-order valence-electron chi connectivity index (χ1n) is 10.8. The van der Waals surface area contributed by atoms with Crippen molar-refractivity contribution >= 4 is 11.9 Å². The Morgan fingerprint density at radius 3 is 2.16 bits per heavy atom. The number of benzene rings is 2. The highest BCUT2D eigenvalue weighted by atomic mass is 16.5. The van der Waals surface area contributed by atoms with E-state index in [0.29, 0.717) is 5.56 Å². The van der Waals surface area contributed by atoms with Gasteiger partial charge in [-0.25, -0.2) is 9.59 Å². The number of carboxylic acid groups (broad SMARTS) is 1. The van der Waals surface area contributed by atoms with E-state index in [2.05, 4.69) is 0 Å². The van der Waals surface area contributed by atoms with Gasteiger partial charge in [0.05, 0.1) is 12.7 Å². The fraction of sp³-hybridized carbons (Fsp3) is 0.440. The number of aromatic carboxylic acids is 1. The molecule has 4 aliphatic carbocycles. The van der Waals surface area contributed by atoms with Crippen molar-refractivity contribution in [2.24, 2.45) is 17.8 Å². The minimum Gasteiger partial charge on any atom is -0.507 e. The third kappa shape index (κ3) is 3.44. The fourth-order valence-corrected chi connectivity index (χ4v) is 6.61. The van der Waals surface area contributed by atoms with Crippen LogP contribution in [0.5, 0.6) is 17.2 Å². The van der Waals surface area contributed by atoms with Crippen LogP contribution in [0, 0.1) is 17.8 Å². The van der Waals surface area contributed by atoms with Crippen LogP contribution in [0.25, 0.3) is 0 Å². The molecular weight excluding hydrogens is 396 g/mol. The number of rotatable bonds is 5. The number of phenols is 1. The van der Waals surface area contributed by atoms with Gasteiger partial charge in [0, 0.05) is 11.6 Å². The van der Waals surface area contributed by atoms with Gasteiger partial charge in [-0.15, -0.1) is 0 Å². The van der Waals surface area contributed by atoms with Crippen LogP contribution in [-0.2, 0) is 5.41 Å². The molecule has 0 atom stereocenters. The molecule has 31 heavy (non-hydrogen) atoms. The van der Waals surface area contributed by atoms with Gasteiger partial charge >= 0.3 is 11.9 Å². The Morgan fingerprint density at radius 1 is 0.968 bits per heavy atom. The standard InChI is InChI=1S/C25H26O6/c1-30-22-5-2-17(24(29)31-18-3-4-19(23(27)28)21(26)10-18)9-20(22)25-11-14-6-15(12-25)8-16(7-14)13-25/h2-5,9-10,14-16,26H,6-8,11-13H2,1H3,(H,27,28). The van der Waals surface area contributed by atoms with E-state index in [1.165, 1.54) is 31.4 Å². The van der Waals surface area contributed by atoms with Crippen molar-refractivity contribution in [3.63, 3.8) is 0 Å². The molecule has 6 nitrogen and oxygen atoms in total. The van der Waals surface area contributed by atoms with E-state index < -0.39 is 17.7 Å². The maximum atomic E-state index is 12.9. The Balaban J connectivity index is 1.44. The molecule has 2 aromatic carbocycles. The van der Waals surface area contributed by atoms with Crippen molar-refractivity contribution in [3.05, 3.63) is 53.1 Å². The molecule has 0 aromatic heterocycles. The van der Waals surface area contributed by atoms with Gasteiger partial charge in [-0.3, -0.25) is 0 Å². The molecule has 4 aliphatic rings. The molecule has 4 bridgehead atoms. The second-order valence-electron chi connectivity index (χ2n) is 9.49. The maximum Gasteiger partial charge on any atom is 0.343 e. The number of methoxy groups -OCH3 is 1. The average Bonchev–Trinajstić information content (AvgIpc) is 2.72. The van der Waals surface area contributed by atoms with Crippen LogP contribution in [0.15, 0.2) is 36.4 Å². The average molecular weight is 422 g/mol. The highest BCUT2D eigenvalue weighted by Crippen LogP contribution is 2.61. The van der Waals surface area contributed by atoms with Crippen molar-refractivity contribution in [2.75, 3.05) is 7.11 Å². The first-order chi connectivity index (χ1) is 14.9. The molecule has 6 heteroatoms. The number of ether oxygens (including phenoxy) is 2. The van der Waals surface area contributed by atoms with E-state index in [4.69, 9.17) is 14.6 Å².